The first-order chi connectivity index (χ1) is 23.1. The molecular weight excluding hydrogens is 616 g/mol. The molecule has 0 amide bonds. The van der Waals surface area contributed by atoms with Gasteiger partial charge >= 0.3 is 0 Å². The molecule has 8 aliphatic rings. The Balaban J connectivity index is 1.21. The van der Waals surface area contributed by atoms with Crippen LogP contribution in [0, 0.1) is 11.8 Å². The molecule has 4 heterocycles. The average molecular weight is 657 g/mol. The first-order valence-corrected chi connectivity index (χ1v) is 17.0. The predicted octanol–water partition coefficient (Wildman–Crippen LogP) is 2.32. The van der Waals surface area contributed by atoms with E-state index in [4.69, 9.17) is 18.9 Å². The van der Waals surface area contributed by atoms with Crippen molar-refractivity contribution in [1.29, 1.82) is 0 Å². The highest BCUT2D eigenvalue weighted by Crippen LogP contribution is 2.66. The fourth-order valence-corrected chi connectivity index (χ4v) is 11.7. The van der Waals surface area contributed by atoms with Crippen molar-refractivity contribution in [3.8, 4) is 23.0 Å². The molecule has 10 rings (SSSR count). The average Bonchev–Trinajstić information content (AvgIpc) is 3.60. The predicted molar refractivity (Wildman–Crippen MR) is 172 cm³/mol. The zero-order chi connectivity index (χ0) is 33.2. The number of likely N-dealkylation sites (tertiary alicyclic amines) is 2. The molecule has 10 atom stereocenters. The standard InChI is InChI=1S/C37H40N2O9/c1-38-7-5-36-27-15-9-19(38)29(36)21(40)13-23(42)34(36)47-32(27)25(45-3)11-17(15)31(44)18-12-26(46-4)33-28-16(18)10-20-30-22(41)14-24(43)35(48-33)37(28,30)6-8-39(20)2/h11-14,19-20,23-24,29-30,34-35,40-43H,5-10H2,1-4H3/t19-,20-,23+,24+,29-,30-,34+,35+,36-,37-/m1/s1. The van der Waals surface area contributed by atoms with Crippen LogP contribution in [0.25, 0.3) is 0 Å². The first-order valence-electron chi connectivity index (χ1n) is 17.0. The Bertz CT molecular complexity index is 1770. The Kier molecular flexibility index (Phi) is 5.63. The van der Waals surface area contributed by atoms with Gasteiger partial charge in [-0.25, -0.2) is 0 Å². The maximum Gasteiger partial charge on any atom is 0.193 e. The van der Waals surface area contributed by atoms with E-state index in [1.165, 1.54) is 12.2 Å². The summed E-state index contributed by atoms with van der Waals surface area (Å²) >= 11 is 0. The van der Waals surface area contributed by atoms with Crippen LogP contribution >= 0.6 is 0 Å². The summed E-state index contributed by atoms with van der Waals surface area (Å²) in [5.41, 5.74) is 3.08. The number of aliphatic hydroxyl groups excluding tert-OH is 4. The zero-order valence-corrected chi connectivity index (χ0v) is 27.4. The van der Waals surface area contributed by atoms with Crippen molar-refractivity contribution in [3.05, 3.63) is 69.2 Å². The van der Waals surface area contributed by atoms with E-state index < -0.39 is 35.2 Å². The Hall–Kier alpha value is -3.77. The van der Waals surface area contributed by atoms with Gasteiger partial charge in [0, 0.05) is 46.2 Å². The molecule has 0 aromatic heterocycles. The third-order valence-corrected chi connectivity index (χ3v) is 13.6. The van der Waals surface area contributed by atoms with Gasteiger partial charge in [-0.1, -0.05) is 0 Å². The number of piperidine rings is 2. The summed E-state index contributed by atoms with van der Waals surface area (Å²) in [5, 5.41) is 45.2. The highest BCUT2D eigenvalue weighted by atomic mass is 16.5. The first kappa shape index (κ1) is 29.2. The van der Waals surface area contributed by atoms with E-state index in [0.717, 1.165) is 35.3 Å². The van der Waals surface area contributed by atoms with E-state index in [0.29, 0.717) is 59.8 Å². The molecule has 4 N–H and O–H groups in total. The van der Waals surface area contributed by atoms with Crippen molar-refractivity contribution in [1.82, 2.24) is 9.80 Å². The number of carbonyl (C=O) groups is 1. The number of hydrogen-bond acceptors (Lipinski definition) is 11. The van der Waals surface area contributed by atoms with Gasteiger partial charge in [0.2, 0.25) is 0 Å². The molecular formula is C37H40N2O9. The number of ketones is 1. The second-order valence-electron chi connectivity index (χ2n) is 15.2. The number of carbonyl (C=O) groups excluding carboxylic acids is 1. The molecule has 0 unspecified atom stereocenters. The van der Waals surface area contributed by atoms with Crippen molar-refractivity contribution >= 4 is 5.78 Å². The molecule has 48 heavy (non-hydrogen) atoms. The summed E-state index contributed by atoms with van der Waals surface area (Å²) < 4.78 is 25.0. The second kappa shape index (κ2) is 9.26. The van der Waals surface area contributed by atoms with Crippen LogP contribution in [0.15, 0.2) is 35.8 Å². The zero-order valence-electron chi connectivity index (χ0n) is 27.4. The van der Waals surface area contributed by atoms with Gasteiger partial charge in [-0.15, -0.1) is 0 Å². The smallest absolute Gasteiger partial charge is 0.193 e. The maximum absolute atomic E-state index is 15.3. The lowest BCUT2D eigenvalue weighted by atomic mass is 9.51. The highest BCUT2D eigenvalue weighted by Gasteiger charge is 2.69. The van der Waals surface area contributed by atoms with Gasteiger partial charge in [-0.3, -0.25) is 4.79 Å². The van der Waals surface area contributed by atoms with E-state index in [1.807, 2.05) is 0 Å². The summed E-state index contributed by atoms with van der Waals surface area (Å²) in [6.45, 7) is 1.53. The summed E-state index contributed by atoms with van der Waals surface area (Å²) in [7, 11) is 7.22. The third-order valence-electron chi connectivity index (χ3n) is 13.6. The van der Waals surface area contributed by atoms with E-state index >= 15 is 4.79 Å². The van der Waals surface area contributed by atoms with Crippen molar-refractivity contribution in [2.75, 3.05) is 41.4 Å². The second-order valence-corrected chi connectivity index (χ2v) is 15.2. The van der Waals surface area contributed by atoms with Crippen LogP contribution in [-0.2, 0) is 23.7 Å². The number of aliphatic hydroxyl groups is 4. The summed E-state index contributed by atoms with van der Waals surface area (Å²) in [5.74, 6) is 1.55. The summed E-state index contributed by atoms with van der Waals surface area (Å²) in [6.07, 6.45) is 2.14. The third kappa shape index (κ3) is 3.10. The highest BCUT2D eigenvalue weighted by molar-refractivity contribution is 6.12. The number of nitrogens with zero attached hydrogens (tertiary/aromatic N) is 2. The molecule has 2 saturated heterocycles. The van der Waals surface area contributed by atoms with E-state index in [2.05, 4.69) is 23.9 Å². The lowest BCUT2D eigenvalue weighted by Gasteiger charge is -2.57. The van der Waals surface area contributed by atoms with Gasteiger partial charge in [-0.05, 0) is 88.3 Å². The molecule has 4 bridgehead atoms. The van der Waals surface area contributed by atoms with Crippen LogP contribution in [0.3, 0.4) is 0 Å². The lowest BCUT2D eigenvalue weighted by Crippen LogP contribution is -2.66. The molecule has 2 aromatic rings. The minimum atomic E-state index is -1.01. The number of ether oxygens (including phenoxy) is 4. The molecule has 2 fully saturated rings. The van der Waals surface area contributed by atoms with Crippen molar-refractivity contribution in [3.63, 3.8) is 0 Å². The molecule has 11 heteroatoms. The van der Waals surface area contributed by atoms with E-state index in [-0.39, 0.29) is 41.2 Å². The maximum atomic E-state index is 15.3. The van der Waals surface area contributed by atoms with Crippen LogP contribution in [0.2, 0.25) is 0 Å². The quantitative estimate of drug-likeness (QED) is 0.361. The molecule has 2 aromatic carbocycles. The Morgan fingerprint density at radius 2 is 1.19 bits per heavy atom. The largest absolute Gasteiger partial charge is 0.512 e. The fourth-order valence-electron chi connectivity index (χ4n) is 11.7. The Labute approximate surface area is 277 Å². The Morgan fingerprint density at radius 3 is 1.58 bits per heavy atom. The number of likely N-dealkylation sites (N-methyl/N-ethyl adjacent to an activating group) is 2. The van der Waals surface area contributed by atoms with Gasteiger partial charge in [0.15, 0.2) is 28.8 Å². The molecule has 11 nitrogen and oxygen atoms in total. The van der Waals surface area contributed by atoms with E-state index in [9.17, 15) is 20.4 Å². The van der Waals surface area contributed by atoms with Crippen LogP contribution in [0.5, 0.6) is 23.0 Å². The van der Waals surface area contributed by atoms with Crippen LogP contribution in [0.4, 0.5) is 0 Å². The van der Waals surface area contributed by atoms with Crippen molar-refractivity contribution in [2.45, 2.75) is 73.0 Å². The summed E-state index contributed by atoms with van der Waals surface area (Å²) in [6, 6.07) is 3.36. The molecule has 4 aliphatic heterocycles. The number of hydrogen-bond donors (Lipinski definition) is 4. The van der Waals surface area contributed by atoms with Gasteiger partial charge in [0.25, 0.3) is 0 Å². The van der Waals surface area contributed by atoms with Gasteiger partial charge in [0.05, 0.1) is 36.6 Å². The molecule has 0 radical (unpaired) electrons. The van der Waals surface area contributed by atoms with E-state index in [1.54, 1.807) is 26.4 Å². The monoisotopic (exact) mass is 656 g/mol. The van der Waals surface area contributed by atoms with Gasteiger partial charge in [0.1, 0.15) is 24.4 Å². The minimum Gasteiger partial charge on any atom is -0.512 e. The topological polar surface area (TPSA) is 141 Å². The van der Waals surface area contributed by atoms with Crippen molar-refractivity contribution < 1.29 is 44.2 Å². The Morgan fingerprint density at radius 1 is 0.771 bits per heavy atom. The molecule has 4 aliphatic carbocycles. The van der Waals surface area contributed by atoms with Crippen LogP contribution in [0.1, 0.15) is 51.0 Å². The van der Waals surface area contributed by atoms with Gasteiger partial charge < -0.3 is 49.2 Å². The number of benzene rings is 2. The lowest BCUT2D eigenvalue weighted by molar-refractivity contribution is -0.0645. The molecule has 2 spiro atoms. The van der Waals surface area contributed by atoms with Gasteiger partial charge in [-0.2, -0.15) is 0 Å². The van der Waals surface area contributed by atoms with Crippen LogP contribution < -0.4 is 18.9 Å². The normalized spacial score (nSPS) is 39.4. The number of methoxy groups -OCH3 is 2. The van der Waals surface area contributed by atoms with Crippen molar-refractivity contribution in [2.24, 2.45) is 11.8 Å². The molecule has 0 saturated carbocycles. The summed E-state index contributed by atoms with van der Waals surface area (Å²) in [4.78, 5) is 19.8. The SMILES string of the molecule is COc1cc(C(=O)c2cc(OC)c3c4c2C[C@@H]2[C@@H]5C(O)=C[C@H](O)[C@H](O3)[C@]45CCN2C)c2c3c1O[C@H]1[C@@H](O)C=C(O)[C@H]4[C@@H](C2)N(C)CC[C@]314. The van der Waals surface area contributed by atoms with Crippen LogP contribution in [-0.4, -0.2) is 114 Å². The minimum absolute atomic E-state index is 0.0970. The molecule has 252 valence electrons. The fraction of sp³-hybridized carbons (Fsp3) is 0.541. The number of rotatable bonds is 4.